The molecule has 5 heteroatoms. The van der Waals surface area contributed by atoms with Gasteiger partial charge in [-0.05, 0) is 38.5 Å². The van der Waals surface area contributed by atoms with Crippen LogP contribution in [0.5, 0.6) is 0 Å². The van der Waals surface area contributed by atoms with Gasteiger partial charge >= 0.3 is 0 Å². The van der Waals surface area contributed by atoms with Gasteiger partial charge in [-0.2, -0.15) is 9.61 Å². The highest BCUT2D eigenvalue weighted by Crippen LogP contribution is 2.18. The van der Waals surface area contributed by atoms with Crippen LogP contribution >= 0.6 is 0 Å². The first-order valence-electron chi connectivity index (χ1n) is 6.61. The minimum Gasteiger partial charge on any atom is -0.366 e. The number of fused-ring (bicyclic) bond motifs is 1. The van der Waals surface area contributed by atoms with E-state index in [-0.39, 0.29) is 0 Å². The maximum atomic E-state index is 4.56. The highest BCUT2D eigenvalue weighted by Gasteiger charge is 2.10. The molecule has 3 aromatic rings. The Morgan fingerprint density at radius 2 is 1.90 bits per heavy atom. The zero-order valence-corrected chi connectivity index (χ0v) is 11.9. The Hall–Kier alpha value is -2.43. The molecule has 0 unspecified atom stereocenters. The second kappa shape index (κ2) is 4.92. The molecule has 20 heavy (non-hydrogen) atoms. The lowest BCUT2D eigenvalue weighted by molar-refractivity contribution is 0.899. The Morgan fingerprint density at radius 3 is 2.65 bits per heavy atom. The number of aryl methyl sites for hydroxylation is 3. The average molecular weight is 267 g/mol. The lowest BCUT2D eigenvalue weighted by Crippen LogP contribution is -2.07. The minimum atomic E-state index is 0.735. The lowest BCUT2D eigenvalue weighted by Gasteiger charge is -2.09. The molecule has 5 nitrogen and oxygen atoms in total. The molecule has 3 heterocycles. The minimum absolute atomic E-state index is 0.735. The number of rotatable bonds is 3. The van der Waals surface area contributed by atoms with Crippen LogP contribution in [0.4, 0.5) is 5.82 Å². The van der Waals surface area contributed by atoms with E-state index in [1.54, 1.807) is 12.4 Å². The third kappa shape index (κ3) is 2.22. The van der Waals surface area contributed by atoms with Gasteiger partial charge in [0, 0.05) is 36.3 Å². The van der Waals surface area contributed by atoms with Crippen molar-refractivity contribution in [2.75, 3.05) is 5.32 Å². The fourth-order valence-corrected chi connectivity index (χ4v) is 2.17. The van der Waals surface area contributed by atoms with Gasteiger partial charge in [0.25, 0.3) is 0 Å². The van der Waals surface area contributed by atoms with Gasteiger partial charge in [-0.15, -0.1) is 0 Å². The Balaban J connectivity index is 1.97. The van der Waals surface area contributed by atoms with Crippen LogP contribution in [0, 0.1) is 20.8 Å². The van der Waals surface area contributed by atoms with E-state index >= 15 is 0 Å². The molecule has 3 aromatic heterocycles. The van der Waals surface area contributed by atoms with Crippen molar-refractivity contribution in [2.45, 2.75) is 27.3 Å². The van der Waals surface area contributed by atoms with E-state index in [2.05, 4.69) is 27.3 Å². The van der Waals surface area contributed by atoms with Crippen LogP contribution in [0.25, 0.3) is 5.65 Å². The number of hydrogen-bond acceptors (Lipinski definition) is 4. The predicted molar refractivity (Wildman–Crippen MR) is 78.8 cm³/mol. The second-order valence-electron chi connectivity index (χ2n) is 4.94. The van der Waals surface area contributed by atoms with Gasteiger partial charge in [0.15, 0.2) is 5.65 Å². The summed E-state index contributed by atoms with van der Waals surface area (Å²) in [4.78, 5) is 8.59. The number of nitrogens with zero attached hydrogens (tertiary/aromatic N) is 4. The average Bonchev–Trinajstić information content (AvgIpc) is 2.74. The van der Waals surface area contributed by atoms with E-state index < -0.39 is 0 Å². The summed E-state index contributed by atoms with van der Waals surface area (Å²) in [5, 5.41) is 7.96. The van der Waals surface area contributed by atoms with E-state index in [0.717, 1.165) is 35.0 Å². The van der Waals surface area contributed by atoms with Crippen molar-refractivity contribution >= 4 is 11.5 Å². The van der Waals surface area contributed by atoms with Crippen LogP contribution in [0.15, 0.2) is 30.6 Å². The first-order valence-corrected chi connectivity index (χ1v) is 6.61. The van der Waals surface area contributed by atoms with Gasteiger partial charge in [-0.25, -0.2) is 4.98 Å². The SMILES string of the molecule is Cc1cc(NCc2ccncc2)n2nc(C)c(C)c2n1. The molecule has 3 rings (SSSR count). The quantitative estimate of drug-likeness (QED) is 0.792. The van der Waals surface area contributed by atoms with Crippen molar-refractivity contribution < 1.29 is 0 Å². The smallest absolute Gasteiger partial charge is 0.160 e. The fraction of sp³-hybridized carbons (Fsp3) is 0.267. The third-order valence-corrected chi connectivity index (χ3v) is 3.41. The van der Waals surface area contributed by atoms with E-state index in [4.69, 9.17) is 0 Å². The van der Waals surface area contributed by atoms with Crippen molar-refractivity contribution in [2.24, 2.45) is 0 Å². The summed E-state index contributed by atoms with van der Waals surface area (Å²) in [6.07, 6.45) is 3.60. The van der Waals surface area contributed by atoms with E-state index in [0.29, 0.717) is 0 Å². The maximum absolute atomic E-state index is 4.56. The molecular formula is C15H17N5. The van der Waals surface area contributed by atoms with Crippen molar-refractivity contribution in [3.63, 3.8) is 0 Å². The highest BCUT2D eigenvalue weighted by atomic mass is 15.3. The van der Waals surface area contributed by atoms with E-state index in [1.165, 1.54) is 5.56 Å². The van der Waals surface area contributed by atoms with Crippen LogP contribution in [0.1, 0.15) is 22.5 Å². The van der Waals surface area contributed by atoms with Crippen molar-refractivity contribution in [3.05, 3.63) is 53.1 Å². The second-order valence-corrected chi connectivity index (χ2v) is 4.94. The molecule has 0 aromatic carbocycles. The molecule has 0 bridgehead atoms. The summed E-state index contributed by atoms with van der Waals surface area (Å²) < 4.78 is 1.87. The molecule has 0 saturated carbocycles. The number of aromatic nitrogens is 4. The number of nitrogens with one attached hydrogen (secondary N) is 1. The van der Waals surface area contributed by atoms with Crippen LogP contribution < -0.4 is 5.32 Å². The first-order chi connectivity index (χ1) is 9.65. The monoisotopic (exact) mass is 267 g/mol. The zero-order valence-electron chi connectivity index (χ0n) is 11.9. The predicted octanol–water partition coefficient (Wildman–Crippen LogP) is 2.66. The molecule has 0 saturated heterocycles. The topological polar surface area (TPSA) is 55.1 Å². The molecule has 0 spiro atoms. The zero-order chi connectivity index (χ0) is 14.1. The normalized spacial score (nSPS) is 10.9. The molecule has 0 atom stereocenters. The summed E-state index contributed by atoms with van der Waals surface area (Å²) in [7, 11) is 0. The summed E-state index contributed by atoms with van der Waals surface area (Å²) in [6, 6.07) is 6.01. The molecule has 0 amide bonds. The summed E-state index contributed by atoms with van der Waals surface area (Å²) in [5.41, 5.74) is 5.22. The molecular weight excluding hydrogens is 250 g/mol. The summed E-state index contributed by atoms with van der Waals surface area (Å²) in [6.45, 7) is 6.79. The molecule has 0 radical (unpaired) electrons. The van der Waals surface area contributed by atoms with Gasteiger partial charge in [-0.3, -0.25) is 4.98 Å². The van der Waals surface area contributed by atoms with Crippen LogP contribution in [0.2, 0.25) is 0 Å². The molecule has 0 aliphatic carbocycles. The van der Waals surface area contributed by atoms with E-state index in [9.17, 15) is 0 Å². The van der Waals surface area contributed by atoms with Gasteiger partial charge in [0.1, 0.15) is 5.82 Å². The van der Waals surface area contributed by atoms with Gasteiger partial charge in [0.05, 0.1) is 5.69 Å². The van der Waals surface area contributed by atoms with Crippen molar-refractivity contribution in [3.8, 4) is 0 Å². The maximum Gasteiger partial charge on any atom is 0.160 e. The molecule has 0 aliphatic rings. The Bertz CT molecular complexity index is 746. The summed E-state index contributed by atoms with van der Waals surface area (Å²) >= 11 is 0. The molecule has 0 fully saturated rings. The highest BCUT2D eigenvalue weighted by molar-refractivity contribution is 5.55. The number of pyridine rings is 1. The first kappa shape index (κ1) is 12.6. The molecule has 1 N–H and O–H groups in total. The van der Waals surface area contributed by atoms with Gasteiger partial charge < -0.3 is 5.32 Å². The van der Waals surface area contributed by atoms with Crippen molar-refractivity contribution in [1.29, 1.82) is 0 Å². The van der Waals surface area contributed by atoms with Gasteiger partial charge in [0.2, 0.25) is 0 Å². The summed E-state index contributed by atoms with van der Waals surface area (Å²) in [5.74, 6) is 0.959. The number of hydrogen-bond donors (Lipinski definition) is 1. The van der Waals surface area contributed by atoms with Crippen molar-refractivity contribution in [1.82, 2.24) is 19.6 Å². The van der Waals surface area contributed by atoms with E-state index in [1.807, 2.05) is 36.6 Å². The van der Waals surface area contributed by atoms with Crippen LogP contribution in [-0.4, -0.2) is 19.6 Å². The third-order valence-electron chi connectivity index (χ3n) is 3.41. The van der Waals surface area contributed by atoms with Crippen LogP contribution in [0.3, 0.4) is 0 Å². The largest absolute Gasteiger partial charge is 0.366 e. The standard InChI is InChI=1S/C15H17N5/c1-10-8-14(17-9-13-4-6-16-7-5-13)20-15(18-10)11(2)12(3)19-20/h4-8,17H,9H2,1-3H3. The van der Waals surface area contributed by atoms with Crippen LogP contribution in [-0.2, 0) is 6.54 Å². The lowest BCUT2D eigenvalue weighted by atomic mass is 10.2. The Labute approximate surface area is 117 Å². The Morgan fingerprint density at radius 1 is 1.15 bits per heavy atom. The fourth-order valence-electron chi connectivity index (χ4n) is 2.17. The molecule has 0 aliphatic heterocycles. The van der Waals surface area contributed by atoms with Gasteiger partial charge in [-0.1, -0.05) is 0 Å². The molecule has 102 valence electrons. The Kier molecular flexibility index (Phi) is 3.10. The number of anilines is 1.